The Morgan fingerprint density at radius 1 is 0.949 bits per heavy atom. The van der Waals surface area contributed by atoms with Crippen LogP contribution in [0, 0.1) is 11.2 Å². The second kappa shape index (κ2) is 9.91. The lowest BCUT2D eigenvalue weighted by atomic mass is 9.72. The SMILES string of the molecule is CC(C)(C)OC(=O)N1CCC2(CC1)CN(C(=O)Nc1c(-c3ccccc3F)ccnc1N1CCC(F)(F)C1)C2. The van der Waals surface area contributed by atoms with E-state index < -0.39 is 29.9 Å². The van der Waals surface area contributed by atoms with Crippen molar-refractivity contribution in [3.05, 3.63) is 42.3 Å². The summed E-state index contributed by atoms with van der Waals surface area (Å²) in [4.78, 5) is 34.9. The van der Waals surface area contributed by atoms with Crippen molar-refractivity contribution < 1.29 is 27.5 Å². The fraction of sp³-hybridized carbons (Fsp3) is 0.536. The van der Waals surface area contributed by atoms with Gasteiger partial charge in [0.1, 0.15) is 11.4 Å². The highest BCUT2D eigenvalue weighted by atomic mass is 19.3. The number of urea groups is 1. The van der Waals surface area contributed by atoms with Gasteiger partial charge in [0, 0.05) is 61.9 Å². The first kappa shape index (κ1) is 27.1. The number of pyridine rings is 1. The molecular weight excluding hydrogens is 511 g/mol. The zero-order valence-electron chi connectivity index (χ0n) is 22.5. The first-order valence-corrected chi connectivity index (χ1v) is 13.3. The van der Waals surface area contributed by atoms with Gasteiger partial charge < -0.3 is 24.8 Å². The second-order valence-corrected chi connectivity index (χ2v) is 11.8. The number of benzene rings is 1. The molecule has 1 aromatic heterocycles. The molecule has 2 aromatic rings. The molecule has 5 rings (SSSR count). The van der Waals surface area contributed by atoms with Crippen LogP contribution in [0.15, 0.2) is 36.5 Å². The second-order valence-electron chi connectivity index (χ2n) is 11.8. The Labute approximate surface area is 226 Å². The molecule has 0 atom stereocenters. The normalized spacial score (nSPS) is 20.1. The van der Waals surface area contributed by atoms with Gasteiger partial charge in [-0.1, -0.05) is 18.2 Å². The molecule has 8 nitrogen and oxygen atoms in total. The number of ether oxygens (including phenoxy) is 1. The van der Waals surface area contributed by atoms with Crippen molar-refractivity contribution in [3.63, 3.8) is 0 Å². The molecule has 1 aromatic carbocycles. The van der Waals surface area contributed by atoms with Crippen molar-refractivity contribution in [2.45, 2.75) is 51.6 Å². The highest BCUT2D eigenvalue weighted by Crippen LogP contribution is 2.43. The van der Waals surface area contributed by atoms with E-state index in [1.807, 2.05) is 20.8 Å². The van der Waals surface area contributed by atoms with Gasteiger partial charge in [-0.15, -0.1) is 0 Å². The highest BCUT2D eigenvalue weighted by molar-refractivity contribution is 5.99. The van der Waals surface area contributed by atoms with Gasteiger partial charge in [0.25, 0.3) is 5.92 Å². The molecule has 4 heterocycles. The smallest absolute Gasteiger partial charge is 0.410 e. The van der Waals surface area contributed by atoms with E-state index in [9.17, 15) is 22.8 Å². The summed E-state index contributed by atoms with van der Waals surface area (Å²) in [5, 5.41) is 2.87. The van der Waals surface area contributed by atoms with Gasteiger partial charge in [0.15, 0.2) is 5.82 Å². The van der Waals surface area contributed by atoms with Crippen LogP contribution in [0.25, 0.3) is 11.1 Å². The number of nitrogens with one attached hydrogen (secondary N) is 1. The number of aromatic nitrogens is 1. The number of hydrogen-bond acceptors (Lipinski definition) is 5. The van der Waals surface area contributed by atoms with E-state index in [-0.39, 0.29) is 41.5 Å². The Morgan fingerprint density at radius 2 is 1.64 bits per heavy atom. The third kappa shape index (κ3) is 5.77. The molecular formula is C28H34F3N5O3. The summed E-state index contributed by atoms with van der Waals surface area (Å²) in [6, 6.07) is 7.32. The van der Waals surface area contributed by atoms with Crippen LogP contribution in [-0.4, -0.2) is 77.7 Å². The molecule has 210 valence electrons. The Hall–Kier alpha value is -3.50. The molecule has 0 aliphatic carbocycles. The maximum atomic E-state index is 14.8. The van der Waals surface area contributed by atoms with Gasteiger partial charge in [0.05, 0.1) is 12.2 Å². The summed E-state index contributed by atoms with van der Waals surface area (Å²) in [6.45, 7) is 7.17. The molecule has 1 N–H and O–H groups in total. The van der Waals surface area contributed by atoms with Crippen molar-refractivity contribution in [1.82, 2.24) is 14.8 Å². The van der Waals surface area contributed by atoms with Crippen molar-refractivity contribution in [2.24, 2.45) is 5.41 Å². The molecule has 0 bridgehead atoms. The Kier molecular flexibility index (Phi) is 6.88. The van der Waals surface area contributed by atoms with E-state index >= 15 is 0 Å². The largest absolute Gasteiger partial charge is 0.444 e. The summed E-state index contributed by atoms with van der Waals surface area (Å²) in [5.41, 5.74) is 0.194. The summed E-state index contributed by atoms with van der Waals surface area (Å²) in [6.07, 6.45) is 2.29. The molecule has 3 aliphatic heterocycles. The number of carbonyl (C=O) groups is 2. The average molecular weight is 546 g/mol. The third-order valence-corrected chi connectivity index (χ3v) is 7.61. The lowest BCUT2D eigenvalue weighted by molar-refractivity contribution is -0.0300. The van der Waals surface area contributed by atoms with E-state index in [1.54, 1.807) is 34.1 Å². The van der Waals surface area contributed by atoms with Gasteiger partial charge in [-0.05, 0) is 45.7 Å². The molecule has 1 spiro atoms. The average Bonchev–Trinajstić information content (AvgIpc) is 3.21. The minimum atomic E-state index is -2.87. The van der Waals surface area contributed by atoms with Gasteiger partial charge in [0.2, 0.25) is 0 Å². The third-order valence-electron chi connectivity index (χ3n) is 7.61. The van der Waals surface area contributed by atoms with Gasteiger partial charge >= 0.3 is 12.1 Å². The van der Waals surface area contributed by atoms with Crippen LogP contribution in [0.1, 0.15) is 40.0 Å². The van der Waals surface area contributed by atoms with Crippen LogP contribution in [0.4, 0.5) is 34.3 Å². The van der Waals surface area contributed by atoms with Crippen molar-refractivity contribution in [1.29, 1.82) is 0 Å². The summed E-state index contributed by atoms with van der Waals surface area (Å²) >= 11 is 0. The molecule has 3 amide bonds. The zero-order valence-corrected chi connectivity index (χ0v) is 22.5. The summed E-state index contributed by atoms with van der Waals surface area (Å²) < 4.78 is 48.4. The molecule has 39 heavy (non-hydrogen) atoms. The molecule has 0 unspecified atom stereocenters. The standard InChI is InChI=1S/C28H34F3N5O3/c1-26(2,3)39-25(38)34-13-9-27(10-14-34)16-36(17-27)24(37)33-22-20(19-6-4-5-7-21(19)29)8-12-32-23(22)35-15-11-28(30,31)18-35/h4-8,12H,9-11,13-18H2,1-3H3,(H,33,37). The van der Waals surface area contributed by atoms with E-state index in [2.05, 4.69) is 10.3 Å². The van der Waals surface area contributed by atoms with Crippen LogP contribution in [0.5, 0.6) is 0 Å². The molecule has 3 fully saturated rings. The van der Waals surface area contributed by atoms with Gasteiger partial charge in [-0.3, -0.25) is 0 Å². The minimum absolute atomic E-state index is 0.0740. The summed E-state index contributed by atoms with van der Waals surface area (Å²) in [7, 11) is 0. The van der Waals surface area contributed by atoms with Gasteiger partial charge in [-0.2, -0.15) is 0 Å². The van der Waals surface area contributed by atoms with E-state index in [0.717, 1.165) is 12.8 Å². The van der Waals surface area contributed by atoms with E-state index in [0.29, 0.717) is 31.7 Å². The minimum Gasteiger partial charge on any atom is -0.444 e. The number of anilines is 2. The predicted octanol–water partition coefficient (Wildman–Crippen LogP) is 5.60. The van der Waals surface area contributed by atoms with E-state index in [4.69, 9.17) is 4.74 Å². The quantitative estimate of drug-likeness (QED) is 0.544. The predicted molar refractivity (Wildman–Crippen MR) is 141 cm³/mol. The van der Waals surface area contributed by atoms with E-state index in [1.165, 1.54) is 17.2 Å². The van der Waals surface area contributed by atoms with Crippen LogP contribution >= 0.6 is 0 Å². The lowest BCUT2D eigenvalue weighted by Gasteiger charge is -2.53. The van der Waals surface area contributed by atoms with Crippen molar-refractivity contribution in [2.75, 3.05) is 49.5 Å². The zero-order chi connectivity index (χ0) is 28.0. The lowest BCUT2D eigenvalue weighted by Crippen LogP contribution is -2.63. The molecule has 11 heteroatoms. The fourth-order valence-corrected chi connectivity index (χ4v) is 5.53. The molecule has 0 saturated carbocycles. The number of rotatable bonds is 3. The molecule has 3 aliphatic rings. The van der Waals surface area contributed by atoms with Gasteiger partial charge in [-0.25, -0.2) is 27.7 Å². The first-order valence-electron chi connectivity index (χ1n) is 13.3. The summed E-state index contributed by atoms with van der Waals surface area (Å²) in [5.74, 6) is -3.16. The van der Waals surface area contributed by atoms with Crippen molar-refractivity contribution >= 4 is 23.6 Å². The Balaban J connectivity index is 1.30. The topological polar surface area (TPSA) is 78.0 Å². The maximum absolute atomic E-state index is 14.8. The monoisotopic (exact) mass is 545 g/mol. The number of alkyl halides is 2. The highest BCUT2D eigenvalue weighted by Gasteiger charge is 2.48. The Bertz CT molecular complexity index is 1250. The Morgan fingerprint density at radius 3 is 2.26 bits per heavy atom. The number of piperidine rings is 1. The number of halogens is 3. The van der Waals surface area contributed by atoms with Crippen LogP contribution < -0.4 is 10.2 Å². The number of nitrogens with zero attached hydrogens (tertiary/aromatic N) is 4. The number of carbonyl (C=O) groups excluding carboxylic acids is 2. The van der Waals surface area contributed by atoms with Crippen LogP contribution in [-0.2, 0) is 4.74 Å². The molecule has 0 radical (unpaired) electrons. The van der Waals surface area contributed by atoms with Crippen LogP contribution in [0.3, 0.4) is 0 Å². The first-order chi connectivity index (χ1) is 18.3. The molecule has 3 saturated heterocycles. The van der Waals surface area contributed by atoms with Crippen molar-refractivity contribution in [3.8, 4) is 11.1 Å². The number of amides is 3. The number of likely N-dealkylation sites (tertiary alicyclic amines) is 2. The maximum Gasteiger partial charge on any atom is 0.410 e. The van der Waals surface area contributed by atoms with Crippen LogP contribution in [0.2, 0.25) is 0 Å². The fourth-order valence-electron chi connectivity index (χ4n) is 5.53. The number of hydrogen-bond donors (Lipinski definition) is 1.